The molecule has 1 aliphatic heterocycles. The Hall–Kier alpha value is -1.75. The first kappa shape index (κ1) is 15.2. The zero-order chi connectivity index (χ0) is 15.5. The van der Waals surface area contributed by atoms with Crippen LogP contribution in [0, 0.1) is 5.82 Å². The van der Waals surface area contributed by atoms with E-state index in [1.165, 1.54) is 6.07 Å². The number of likely N-dealkylation sites (tertiary alicyclic amines) is 1. The van der Waals surface area contributed by atoms with E-state index in [9.17, 15) is 4.39 Å². The Labute approximate surface area is 130 Å². The molecule has 0 bridgehead atoms. The van der Waals surface area contributed by atoms with Gasteiger partial charge in [0.2, 0.25) is 5.89 Å². The first-order chi connectivity index (χ1) is 10.6. The van der Waals surface area contributed by atoms with E-state index in [2.05, 4.69) is 28.9 Å². The van der Waals surface area contributed by atoms with Crippen LogP contribution in [0.15, 0.2) is 28.8 Å². The first-order valence-corrected chi connectivity index (χ1v) is 7.95. The second-order valence-electron chi connectivity index (χ2n) is 6.26. The van der Waals surface area contributed by atoms with Gasteiger partial charge in [-0.2, -0.15) is 4.98 Å². The molecule has 1 aromatic heterocycles. The topological polar surface area (TPSA) is 42.2 Å². The van der Waals surface area contributed by atoms with E-state index >= 15 is 0 Å². The van der Waals surface area contributed by atoms with Crippen LogP contribution in [0.3, 0.4) is 0 Å². The number of nitrogens with zero attached hydrogens (tertiary/aromatic N) is 3. The predicted octanol–water partition coefficient (Wildman–Crippen LogP) is 4.06. The predicted molar refractivity (Wildman–Crippen MR) is 81.8 cm³/mol. The van der Waals surface area contributed by atoms with Crippen LogP contribution in [-0.4, -0.2) is 21.6 Å². The summed E-state index contributed by atoms with van der Waals surface area (Å²) in [5, 5.41) is 4.07. The van der Waals surface area contributed by atoms with Crippen molar-refractivity contribution in [2.45, 2.75) is 51.6 Å². The molecule has 2 heterocycles. The molecule has 1 fully saturated rings. The van der Waals surface area contributed by atoms with Gasteiger partial charge in [-0.25, -0.2) is 4.39 Å². The Morgan fingerprint density at radius 3 is 2.95 bits per heavy atom. The van der Waals surface area contributed by atoms with Crippen LogP contribution in [0.2, 0.25) is 0 Å². The van der Waals surface area contributed by atoms with Crippen molar-refractivity contribution in [3.8, 4) is 0 Å². The SMILES string of the molecule is CC(C)c1noc([C@H]2CCCCN2Cc2cccc(F)c2)n1. The molecule has 22 heavy (non-hydrogen) atoms. The third-order valence-electron chi connectivity index (χ3n) is 4.15. The average molecular weight is 303 g/mol. The summed E-state index contributed by atoms with van der Waals surface area (Å²) >= 11 is 0. The molecule has 1 aliphatic rings. The summed E-state index contributed by atoms with van der Waals surface area (Å²) in [6.45, 7) is 5.79. The first-order valence-electron chi connectivity index (χ1n) is 7.95. The summed E-state index contributed by atoms with van der Waals surface area (Å²) in [5.74, 6) is 1.52. The summed E-state index contributed by atoms with van der Waals surface area (Å²) in [6, 6.07) is 6.93. The average Bonchev–Trinajstić information content (AvgIpc) is 2.98. The van der Waals surface area contributed by atoms with Crippen molar-refractivity contribution in [1.82, 2.24) is 15.0 Å². The molecule has 0 amide bonds. The van der Waals surface area contributed by atoms with Crippen LogP contribution in [0.5, 0.6) is 0 Å². The van der Waals surface area contributed by atoms with Crippen LogP contribution in [0.4, 0.5) is 4.39 Å². The van der Waals surface area contributed by atoms with Crippen molar-refractivity contribution in [3.05, 3.63) is 47.4 Å². The van der Waals surface area contributed by atoms with Crippen molar-refractivity contribution in [3.63, 3.8) is 0 Å². The van der Waals surface area contributed by atoms with E-state index in [4.69, 9.17) is 4.52 Å². The van der Waals surface area contributed by atoms with Gasteiger partial charge in [0.1, 0.15) is 5.82 Å². The maximum Gasteiger partial charge on any atom is 0.244 e. The summed E-state index contributed by atoms with van der Waals surface area (Å²) in [4.78, 5) is 6.86. The van der Waals surface area contributed by atoms with Crippen LogP contribution in [-0.2, 0) is 6.54 Å². The minimum atomic E-state index is -0.189. The Morgan fingerprint density at radius 2 is 2.23 bits per heavy atom. The van der Waals surface area contributed by atoms with Gasteiger partial charge in [-0.15, -0.1) is 0 Å². The van der Waals surface area contributed by atoms with Crippen molar-refractivity contribution in [2.24, 2.45) is 0 Å². The standard InChI is InChI=1S/C17H22FN3O/c1-12(2)16-19-17(22-20-16)15-8-3-4-9-21(15)11-13-6-5-7-14(18)10-13/h5-7,10,12,15H,3-4,8-9,11H2,1-2H3/t15-/m1/s1. The Balaban J connectivity index is 1.78. The monoisotopic (exact) mass is 303 g/mol. The quantitative estimate of drug-likeness (QED) is 0.854. The van der Waals surface area contributed by atoms with Gasteiger partial charge < -0.3 is 4.52 Å². The van der Waals surface area contributed by atoms with Crippen molar-refractivity contribution >= 4 is 0 Å². The number of halogens is 1. The highest BCUT2D eigenvalue weighted by molar-refractivity contribution is 5.16. The molecular weight excluding hydrogens is 281 g/mol. The van der Waals surface area contributed by atoms with Crippen LogP contribution < -0.4 is 0 Å². The Morgan fingerprint density at radius 1 is 1.36 bits per heavy atom. The molecule has 2 aromatic rings. The number of hydrogen-bond donors (Lipinski definition) is 0. The van der Waals surface area contributed by atoms with Gasteiger partial charge >= 0.3 is 0 Å². The third kappa shape index (κ3) is 3.35. The summed E-state index contributed by atoms with van der Waals surface area (Å²) < 4.78 is 18.9. The molecule has 118 valence electrons. The lowest BCUT2D eigenvalue weighted by Gasteiger charge is -2.33. The molecule has 1 saturated heterocycles. The Bertz CT molecular complexity index is 626. The zero-order valence-corrected chi connectivity index (χ0v) is 13.1. The molecule has 3 rings (SSSR count). The molecular formula is C17H22FN3O. The van der Waals surface area contributed by atoms with Crippen molar-refractivity contribution < 1.29 is 8.91 Å². The van der Waals surface area contributed by atoms with E-state index in [1.807, 2.05) is 6.07 Å². The molecule has 4 nitrogen and oxygen atoms in total. The molecule has 0 saturated carbocycles. The van der Waals surface area contributed by atoms with Gasteiger partial charge in [-0.05, 0) is 37.1 Å². The van der Waals surface area contributed by atoms with Gasteiger partial charge in [0.15, 0.2) is 5.82 Å². The van der Waals surface area contributed by atoms with Crippen molar-refractivity contribution in [1.29, 1.82) is 0 Å². The second kappa shape index (κ2) is 6.57. The number of piperidine rings is 1. The zero-order valence-electron chi connectivity index (χ0n) is 13.1. The molecule has 0 unspecified atom stereocenters. The minimum absolute atomic E-state index is 0.136. The largest absolute Gasteiger partial charge is 0.338 e. The molecule has 0 radical (unpaired) electrons. The second-order valence-corrected chi connectivity index (χ2v) is 6.26. The fourth-order valence-electron chi connectivity index (χ4n) is 2.95. The lowest BCUT2D eigenvalue weighted by molar-refractivity contribution is 0.111. The summed E-state index contributed by atoms with van der Waals surface area (Å²) in [7, 11) is 0. The number of aromatic nitrogens is 2. The number of hydrogen-bond acceptors (Lipinski definition) is 4. The fourth-order valence-corrected chi connectivity index (χ4v) is 2.95. The highest BCUT2D eigenvalue weighted by Crippen LogP contribution is 2.31. The highest BCUT2D eigenvalue weighted by atomic mass is 19.1. The number of rotatable bonds is 4. The fraction of sp³-hybridized carbons (Fsp3) is 0.529. The van der Waals surface area contributed by atoms with Crippen LogP contribution in [0.1, 0.15) is 62.3 Å². The van der Waals surface area contributed by atoms with E-state index in [-0.39, 0.29) is 17.8 Å². The van der Waals surface area contributed by atoms with Gasteiger partial charge in [0, 0.05) is 12.5 Å². The normalized spacial score (nSPS) is 19.7. The van der Waals surface area contributed by atoms with Crippen LogP contribution in [0.25, 0.3) is 0 Å². The van der Waals surface area contributed by atoms with Gasteiger partial charge in [-0.3, -0.25) is 4.90 Å². The molecule has 0 aliphatic carbocycles. The van der Waals surface area contributed by atoms with E-state index in [1.54, 1.807) is 12.1 Å². The maximum absolute atomic E-state index is 13.4. The lowest BCUT2D eigenvalue weighted by Crippen LogP contribution is -2.33. The number of benzene rings is 1. The van der Waals surface area contributed by atoms with Gasteiger partial charge in [0.25, 0.3) is 0 Å². The maximum atomic E-state index is 13.4. The molecule has 0 N–H and O–H groups in total. The van der Waals surface area contributed by atoms with Gasteiger partial charge in [-0.1, -0.05) is 37.6 Å². The molecule has 1 aromatic carbocycles. The van der Waals surface area contributed by atoms with Gasteiger partial charge in [0.05, 0.1) is 6.04 Å². The van der Waals surface area contributed by atoms with E-state index in [0.717, 1.165) is 37.2 Å². The molecule has 5 heteroatoms. The smallest absolute Gasteiger partial charge is 0.244 e. The summed E-state index contributed by atoms with van der Waals surface area (Å²) in [5.41, 5.74) is 0.982. The minimum Gasteiger partial charge on any atom is -0.338 e. The van der Waals surface area contributed by atoms with E-state index in [0.29, 0.717) is 12.4 Å². The highest BCUT2D eigenvalue weighted by Gasteiger charge is 2.29. The van der Waals surface area contributed by atoms with Crippen molar-refractivity contribution in [2.75, 3.05) is 6.54 Å². The third-order valence-corrected chi connectivity index (χ3v) is 4.15. The van der Waals surface area contributed by atoms with E-state index < -0.39 is 0 Å². The summed E-state index contributed by atoms with van der Waals surface area (Å²) in [6.07, 6.45) is 3.32. The van der Waals surface area contributed by atoms with Crippen LogP contribution >= 0.6 is 0 Å². The Kier molecular flexibility index (Phi) is 4.52. The molecule has 1 atom stereocenters. The lowest BCUT2D eigenvalue weighted by atomic mass is 10.0. The molecule has 0 spiro atoms.